The van der Waals surface area contributed by atoms with Crippen molar-refractivity contribution in [2.24, 2.45) is 0 Å². The molecule has 0 amide bonds. The number of aromatic nitrogens is 2. The molecule has 3 rings (SSSR count). The summed E-state index contributed by atoms with van der Waals surface area (Å²) >= 11 is 0. The number of nitrogen functional groups attached to an aromatic ring is 1. The Morgan fingerprint density at radius 2 is 2.27 bits per heavy atom. The van der Waals surface area contributed by atoms with Crippen molar-refractivity contribution in [1.82, 2.24) is 9.97 Å². The van der Waals surface area contributed by atoms with Crippen LogP contribution in [0.15, 0.2) is 36.4 Å². The molecule has 2 aromatic rings. The lowest BCUT2D eigenvalue weighted by Gasteiger charge is -1.93. The monoisotopic (exact) mass is 197 g/mol. The molecule has 1 aliphatic carbocycles. The van der Waals surface area contributed by atoms with E-state index in [0.717, 1.165) is 29.0 Å². The summed E-state index contributed by atoms with van der Waals surface area (Å²) in [6.07, 6.45) is 7.21. The zero-order chi connectivity index (χ0) is 10.3. The Morgan fingerprint density at radius 1 is 1.33 bits per heavy atom. The fourth-order valence-electron chi connectivity index (χ4n) is 1.80. The first-order valence-electron chi connectivity index (χ1n) is 4.94. The molecule has 0 saturated carbocycles. The number of hydrogen-bond donors (Lipinski definition) is 2. The van der Waals surface area contributed by atoms with E-state index in [9.17, 15) is 0 Å². The Balaban J connectivity index is 2.14. The standard InChI is InChI=1S/C12H11N3/c13-9-5-6-10-11(7-9)15-12(14-10)8-3-1-2-4-8/h1-3,5-7H,4,13H2,(H,14,15). The van der Waals surface area contributed by atoms with Gasteiger partial charge >= 0.3 is 0 Å². The van der Waals surface area contributed by atoms with Crippen LogP contribution in [0.2, 0.25) is 0 Å². The van der Waals surface area contributed by atoms with E-state index in [4.69, 9.17) is 5.73 Å². The van der Waals surface area contributed by atoms with E-state index in [0.29, 0.717) is 0 Å². The molecular formula is C12H11N3. The van der Waals surface area contributed by atoms with Crippen LogP contribution >= 0.6 is 0 Å². The minimum absolute atomic E-state index is 0.760. The van der Waals surface area contributed by atoms with Crippen LogP contribution in [0.25, 0.3) is 16.6 Å². The normalized spacial score (nSPS) is 14.8. The van der Waals surface area contributed by atoms with Crippen LogP contribution in [-0.2, 0) is 0 Å². The van der Waals surface area contributed by atoms with Gasteiger partial charge in [0.05, 0.1) is 11.0 Å². The number of rotatable bonds is 1. The van der Waals surface area contributed by atoms with Gasteiger partial charge in [0.2, 0.25) is 0 Å². The molecule has 0 bridgehead atoms. The van der Waals surface area contributed by atoms with Crippen molar-refractivity contribution in [2.75, 3.05) is 5.73 Å². The molecule has 0 aliphatic heterocycles. The third kappa shape index (κ3) is 1.32. The fraction of sp³-hybridized carbons (Fsp3) is 0.0833. The van der Waals surface area contributed by atoms with Crippen molar-refractivity contribution in [3.8, 4) is 0 Å². The van der Waals surface area contributed by atoms with Crippen LogP contribution in [0.5, 0.6) is 0 Å². The lowest BCUT2D eigenvalue weighted by Crippen LogP contribution is -1.83. The van der Waals surface area contributed by atoms with Crippen LogP contribution < -0.4 is 5.73 Å². The summed E-state index contributed by atoms with van der Waals surface area (Å²) in [5, 5.41) is 0. The quantitative estimate of drug-likeness (QED) is 0.690. The molecule has 15 heavy (non-hydrogen) atoms. The summed E-state index contributed by atoms with van der Waals surface area (Å²) in [6, 6.07) is 5.72. The maximum absolute atomic E-state index is 5.71. The predicted octanol–water partition coefficient (Wildman–Crippen LogP) is 2.49. The van der Waals surface area contributed by atoms with E-state index in [1.807, 2.05) is 18.2 Å². The molecule has 3 N–H and O–H groups in total. The van der Waals surface area contributed by atoms with Gasteiger partial charge in [-0.25, -0.2) is 4.98 Å². The number of anilines is 1. The van der Waals surface area contributed by atoms with Crippen LogP contribution in [0.1, 0.15) is 12.2 Å². The van der Waals surface area contributed by atoms with Gasteiger partial charge in [-0.05, 0) is 30.2 Å². The first-order valence-corrected chi connectivity index (χ1v) is 4.94. The highest BCUT2D eigenvalue weighted by Gasteiger charge is 2.08. The molecule has 3 nitrogen and oxygen atoms in total. The molecule has 1 aromatic heterocycles. The lowest BCUT2D eigenvalue weighted by atomic mass is 10.2. The summed E-state index contributed by atoms with van der Waals surface area (Å²) < 4.78 is 0. The second-order valence-corrected chi connectivity index (χ2v) is 3.69. The Hall–Kier alpha value is -2.03. The van der Waals surface area contributed by atoms with Crippen LogP contribution in [-0.4, -0.2) is 9.97 Å². The van der Waals surface area contributed by atoms with Crippen LogP contribution in [0.4, 0.5) is 5.69 Å². The molecule has 0 radical (unpaired) electrons. The Bertz CT molecular complexity index is 576. The molecule has 3 heteroatoms. The zero-order valence-corrected chi connectivity index (χ0v) is 8.20. The average Bonchev–Trinajstić information content (AvgIpc) is 2.84. The highest BCUT2D eigenvalue weighted by atomic mass is 14.9. The van der Waals surface area contributed by atoms with E-state index in [1.165, 1.54) is 5.57 Å². The van der Waals surface area contributed by atoms with Gasteiger partial charge in [0.15, 0.2) is 0 Å². The molecule has 0 spiro atoms. The van der Waals surface area contributed by atoms with Gasteiger partial charge < -0.3 is 10.7 Å². The molecule has 0 fully saturated rings. The van der Waals surface area contributed by atoms with Gasteiger partial charge in [-0.3, -0.25) is 0 Å². The SMILES string of the molecule is Nc1ccc2nc(C3=CC=CC3)[nH]c2c1. The van der Waals surface area contributed by atoms with Crippen LogP contribution in [0, 0.1) is 0 Å². The molecular weight excluding hydrogens is 186 g/mol. The van der Waals surface area contributed by atoms with E-state index >= 15 is 0 Å². The predicted molar refractivity (Wildman–Crippen MR) is 62.2 cm³/mol. The smallest absolute Gasteiger partial charge is 0.134 e. The molecule has 0 unspecified atom stereocenters. The van der Waals surface area contributed by atoms with Crippen LogP contribution in [0.3, 0.4) is 0 Å². The number of nitrogens with one attached hydrogen (secondary N) is 1. The topological polar surface area (TPSA) is 54.7 Å². The number of nitrogens with zero attached hydrogens (tertiary/aromatic N) is 1. The molecule has 1 aromatic carbocycles. The Morgan fingerprint density at radius 3 is 3.07 bits per heavy atom. The van der Waals surface area contributed by atoms with Crippen molar-refractivity contribution >= 4 is 22.3 Å². The zero-order valence-electron chi connectivity index (χ0n) is 8.20. The minimum atomic E-state index is 0.760. The average molecular weight is 197 g/mol. The first-order chi connectivity index (χ1) is 7.33. The van der Waals surface area contributed by atoms with Gasteiger partial charge in [0, 0.05) is 5.69 Å². The van der Waals surface area contributed by atoms with E-state index in [-0.39, 0.29) is 0 Å². The Kier molecular flexibility index (Phi) is 1.65. The van der Waals surface area contributed by atoms with E-state index in [1.54, 1.807) is 0 Å². The maximum Gasteiger partial charge on any atom is 0.134 e. The van der Waals surface area contributed by atoms with Gasteiger partial charge in [-0.2, -0.15) is 0 Å². The largest absolute Gasteiger partial charge is 0.399 e. The lowest BCUT2D eigenvalue weighted by molar-refractivity contribution is 1.23. The molecule has 1 heterocycles. The summed E-state index contributed by atoms with van der Waals surface area (Å²) in [4.78, 5) is 7.80. The third-order valence-electron chi connectivity index (χ3n) is 2.58. The van der Waals surface area contributed by atoms with Gasteiger partial charge in [-0.1, -0.05) is 18.2 Å². The summed E-state index contributed by atoms with van der Waals surface area (Å²) in [6.45, 7) is 0. The number of H-pyrrole nitrogens is 1. The number of hydrogen-bond acceptors (Lipinski definition) is 2. The van der Waals surface area contributed by atoms with E-state index < -0.39 is 0 Å². The van der Waals surface area contributed by atoms with Crippen molar-refractivity contribution in [2.45, 2.75) is 6.42 Å². The number of benzene rings is 1. The van der Waals surface area contributed by atoms with Crippen molar-refractivity contribution in [3.05, 3.63) is 42.3 Å². The molecule has 1 aliphatic rings. The fourth-order valence-corrected chi connectivity index (χ4v) is 1.80. The second kappa shape index (κ2) is 2.98. The number of aromatic amines is 1. The minimum Gasteiger partial charge on any atom is -0.399 e. The van der Waals surface area contributed by atoms with Crippen molar-refractivity contribution in [1.29, 1.82) is 0 Å². The van der Waals surface area contributed by atoms with Gasteiger partial charge in [0.25, 0.3) is 0 Å². The highest BCUT2D eigenvalue weighted by molar-refractivity contribution is 5.82. The third-order valence-corrected chi connectivity index (χ3v) is 2.58. The summed E-state index contributed by atoms with van der Waals surface area (Å²) in [5.41, 5.74) is 9.66. The summed E-state index contributed by atoms with van der Waals surface area (Å²) in [7, 11) is 0. The second-order valence-electron chi connectivity index (χ2n) is 3.69. The van der Waals surface area contributed by atoms with Crippen molar-refractivity contribution in [3.63, 3.8) is 0 Å². The molecule has 0 atom stereocenters. The number of imidazole rings is 1. The number of allylic oxidation sites excluding steroid dienone is 4. The van der Waals surface area contributed by atoms with E-state index in [2.05, 4.69) is 28.2 Å². The molecule has 74 valence electrons. The maximum atomic E-state index is 5.71. The number of fused-ring (bicyclic) bond motifs is 1. The molecule has 0 saturated heterocycles. The highest BCUT2D eigenvalue weighted by Crippen LogP contribution is 2.23. The number of nitrogens with two attached hydrogens (primary N) is 1. The van der Waals surface area contributed by atoms with Crippen molar-refractivity contribution < 1.29 is 0 Å². The van der Waals surface area contributed by atoms with Gasteiger partial charge in [-0.15, -0.1) is 0 Å². The van der Waals surface area contributed by atoms with Gasteiger partial charge in [0.1, 0.15) is 5.82 Å². The Labute approximate surface area is 87.3 Å². The summed E-state index contributed by atoms with van der Waals surface area (Å²) in [5.74, 6) is 0.945. The first kappa shape index (κ1) is 8.29.